The molecule has 4 nitrogen and oxygen atoms in total. The third-order valence-electron chi connectivity index (χ3n) is 4.93. The number of benzene rings is 1. The smallest absolute Gasteiger partial charge is 0.279 e. The Kier molecular flexibility index (Phi) is 3.62. The quantitative estimate of drug-likeness (QED) is 0.615. The largest absolute Gasteiger partial charge is 0.715 e. The summed E-state index contributed by atoms with van der Waals surface area (Å²) >= 11 is 0. The fourth-order valence-corrected chi connectivity index (χ4v) is 2.39. The minimum atomic E-state index is -0.776. The predicted molar refractivity (Wildman–Crippen MR) is 86.9 cm³/mol. The highest BCUT2D eigenvalue weighted by atomic mass is 16.5. The van der Waals surface area contributed by atoms with Crippen LogP contribution in [0.25, 0.3) is 5.57 Å². The molecule has 1 aliphatic rings. The second-order valence-corrected chi connectivity index (χ2v) is 6.58. The number of rotatable bonds is 2. The molecule has 0 saturated heterocycles. The lowest BCUT2D eigenvalue weighted by molar-refractivity contribution is -0.539. The first kappa shape index (κ1) is 15.6. The average Bonchev–Trinajstić information content (AvgIpc) is 2.57. The van der Waals surface area contributed by atoms with Gasteiger partial charge in [-0.25, -0.2) is 0 Å². The summed E-state index contributed by atoms with van der Waals surface area (Å²) in [5.74, 6) is 0.190. The van der Waals surface area contributed by atoms with E-state index in [1.54, 1.807) is 27.7 Å². The molecule has 1 aromatic rings. The average molecular weight is 287 g/mol. The summed E-state index contributed by atoms with van der Waals surface area (Å²) in [4.78, 5) is 0. The van der Waals surface area contributed by atoms with Crippen molar-refractivity contribution in [2.45, 2.75) is 52.6 Å². The molecule has 0 amide bonds. The Balaban J connectivity index is 2.50. The Morgan fingerprint density at radius 2 is 1.67 bits per heavy atom. The summed E-state index contributed by atoms with van der Waals surface area (Å²) in [7, 11) is 0. The normalized spacial score (nSPS) is 21.1. The van der Waals surface area contributed by atoms with Crippen molar-refractivity contribution in [3.8, 4) is 0 Å². The second kappa shape index (κ2) is 4.88. The maximum absolute atomic E-state index is 12.6. The van der Waals surface area contributed by atoms with Crippen molar-refractivity contribution in [1.82, 2.24) is 5.06 Å². The van der Waals surface area contributed by atoms with E-state index in [0.717, 1.165) is 20.9 Å². The molecule has 114 valence electrons. The molecule has 1 heterocycles. The lowest BCUT2D eigenvalue weighted by atomic mass is 9.84. The minimum absolute atomic E-state index is 0.190. The highest BCUT2D eigenvalue weighted by molar-refractivity contribution is 5.97. The second-order valence-electron chi connectivity index (χ2n) is 6.58. The van der Waals surface area contributed by atoms with Crippen LogP contribution in [0, 0.1) is 10.4 Å². The van der Waals surface area contributed by atoms with E-state index in [2.05, 4.69) is 0 Å². The van der Waals surface area contributed by atoms with E-state index in [-0.39, 0.29) is 5.84 Å². The maximum Gasteiger partial charge on any atom is 0.279 e. The number of hydrogen-bond acceptors (Lipinski definition) is 3. The van der Waals surface area contributed by atoms with Crippen LogP contribution in [0.4, 0.5) is 0 Å². The van der Waals surface area contributed by atoms with Crippen molar-refractivity contribution in [1.29, 1.82) is 0 Å². The minimum Gasteiger partial charge on any atom is -0.715 e. The van der Waals surface area contributed by atoms with Crippen LogP contribution in [0.3, 0.4) is 0 Å². The molecule has 0 bridgehead atoms. The van der Waals surface area contributed by atoms with Crippen LogP contribution in [-0.2, 0) is 0 Å². The summed E-state index contributed by atoms with van der Waals surface area (Å²) in [5, 5.41) is 26.0. The highest BCUT2D eigenvalue weighted by Gasteiger charge is 2.54. The van der Waals surface area contributed by atoms with Crippen molar-refractivity contribution in [2.75, 3.05) is 0 Å². The fourth-order valence-electron chi connectivity index (χ4n) is 2.39. The van der Waals surface area contributed by atoms with E-state index in [0.29, 0.717) is 5.56 Å². The molecule has 0 saturated carbocycles. The Labute approximate surface area is 126 Å². The van der Waals surface area contributed by atoms with Crippen LogP contribution < -0.4 is 0 Å². The molecule has 0 spiro atoms. The monoisotopic (exact) mass is 287 g/mol. The summed E-state index contributed by atoms with van der Waals surface area (Å²) in [6.45, 7) is 11.2. The van der Waals surface area contributed by atoms with E-state index < -0.39 is 11.1 Å². The van der Waals surface area contributed by atoms with Gasteiger partial charge in [0.15, 0.2) is 0 Å². The zero-order chi connectivity index (χ0) is 16.0. The van der Waals surface area contributed by atoms with Crippen LogP contribution in [0.1, 0.15) is 52.7 Å². The van der Waals surface area contributed by atoms with Gasteiger partial charge in [-0.1, -0.05) is 18.2 Å². The van der Waals surface area contributed by atoms with Gasteiger partial charge in [0.2, 0.25) is 0 Å². The Bertz CT molecular complexity index is 610. The summed E-state index contributed by atoms with van der Waals surface area (Å²) in [5.41, 5.74) is 1.36. The first-order chi connectivity index (χ1) is 9.64. The number of amidine groups is 1. The van der Waals surface area contributed by atoms with Crippen molar-refractivity contribution in [2.24, 2.45) is 0 Å². The summed E-state index contributed by atoms with van der Waals surface area (Å²) < 4.78 is 0.845. The zero-order valence-corrected chi connectivity index (χ0v) is 13.6. The van der Waals surface area contributed by atoms with E-state index in [9.17, 15) is 10.4 Å². The van der Waals surface area contributed by atoms with Gasteiger partial charge in [-0.2, -0.15) is 0 Å². The lowest BCUT2D eigenvalue weighted by Gasteiger charge is -2.39. The molecule has 1 aliphatic heterocycles. The molecule has 0 N–H and O–H groups in total. The first-order valence-corrected chi connectivity index (χ1v) is 7.20. The Hall–Kier alpha value is -1.81. The Morgan fingerprint density at radius 1 is 1.14 bits per heavy atom. The predicted octanol–water partition coefficient (Wildman–Crippen LogP) is 3.74. The topological polar surface area (TPSA) is 52.4 Å². The molecular formula is C17H23N2O2-. The molecule has 0 aromatic heterocycles. The molecule has 2 rings (SSSR count). The van der Waals surface area contributed by atoms with Gasteiger partial charge < -0.3 is 10.4 Å². The molecule has 21 heavy (non-hydrogen) atoms. The van der Waals surface area contributed by atoms with Crippen molar-refractivity contribution in [3.05, 3.63) is 51.9 Å². The van der Waals surface area contributed by atoms with Crippen molar-refractivity contribution in [3.63, 3.8) is 0 Å². The molecule has 0 fully saturated rings. The highest BCUT2D eigenvalue weighted by Crippen LogP contribution is 2.37. The number of hydroxylamine groups is 3. The van der Waals surface area contributed by atoms with E-state index in [1.165, 1.54) is 0 Å². The summed E-state index contributed by atoms with van der Waals surface area (Å²) in [6.07, 6.45) is 2.03. The van der Waals surface area contributed by atoms with Gasteiger partial charge in [0.05, 0.1) is 5.56 Å². The van der Waals surface area contributed by atoms with Gasteiger partial charge in [0, 0.05) is 0 Å². The Morgan fingerprint density at radius 3 is 2.05 bits per heavy atom. The van der Waals surface area contributed by atoms with E-state index in [4.69, 9.17) is 0 Å². The molecule has 0 aliphatic carbocycles. The third kappa shape index (κ3) is 2.14. The molecule has 0 radical (unpaired) electrons. The van der Waals surface area contributed by atoms with Gasteiger partial charge in [-0.05, 0) is 64.8 Å². The van der Waals surface area contributed by atoms with Gasteiger partial charge in [-0.15, -0.1) is 0 Å². The number of nitrogens with zero attached hydrogens (tertiary/aromatic N) is 2. The number of allylic oxidation sites excluding steroid dienone is 2. The molecule has 1 aromatic carbocycles. The van der Waals surface area contributed by atoms with Crippen molar-refractivity contribution >= 4 is 11.4 Å². The number of hydrogen-bond donors (Lipinski definition) is 0. The molecule has 0 atom stereocenters. The van der Waals surface area contributed by atoms with Crippen LogP contribution in [-0.4, -0.2) is 26.7 Å². The zero-order valence-electron chi connectivity index (χ0n) is 13.6. The lowest BCUT2D eigenvalue weighted by Crippen LogP contribution is -2.52. The van der Waals surface area contributed by atoms with Crippen molar-refractivity contribution < 1.29 is 4.74 Å². The maximum atomic E-state index is 12.6. The van der Waals surface area contributed by atoms with E-state index >= 15 is 0 Å². The molecule has 0 unspecified atom stereocenters. The van der Waals surface area contributed by atoms with Gasteiger partial charge >= 0.3 is 0 Å². The van der Waals surface area contributed by atoms with Crippen LogP contribution in [0.5, 0.6) is 0 Å². The van der Waals surface area contributed by atoms with Crippen LogP contribution >= 0.6 is 0 Å². The first-order valence-electron chi connectivity index (χ1n) is 7.20. The fraction of sp³-hybridized carbons (Fsp3) is 0.471. The van der Waals surface area contributed by atoms with Crippen LogP contribution in [0.2, 0.25) is 0 Å². The van der Waals surface area contributed by atoms with Gasteiger partial charge in [0.25, 0.3) is 5.84 Å². The third-order valence-corrected chi connectivity index (χ3v) is 4.93. The van der Waals surface area contributed by atoms with E-state index in [1.807, 2.05) is 44.2 Å². The van der Waals surface area contributed by atoms with Gasteiger partial charge in [0.1, 0.15) is 11.1 Å². The molecular weight excluding hydrogens is 264 g/mol. The molecule has 4 heteroatoms. The standard InChI is InChI=1S/C17H23N2O2/c1-7-12(2)13-8-10-14(11-9-13)15-18(20)16(3,4)17(5,6)19(15)21/h7-11H,1-6H3/q-1/b12-7-. The van der Waals surface area contributed by atoms with Gasteiger partial charge in [-0.3, -0.25) is 9.80 Å². The summed E-state index contributed by atoms with van der Waals surface area (Å²) in [6, 6.07) is 7.56. The van der Waals surface area contributed by atoms with Crippen LogP contribution in [0.15, 0.2) is 30.3 Å². The SMILES string of the molecule is C/C=C(/C)c1ccc(C2=[N+]([O-])C(C)(C)C(C)(C)N2[O-])cc1.